The average molecular weight is 291 g/mol. The molecule has 1 saturated carbocycles. The Balaban J connectivity index is 2.16. The molecule has 0 radical (unpaired) electrons. The van der Waals surface area contributed by atoms with Gasteiger partial charge in [-0.05, 0) is 37.0 Å². The summed E-state index contributed by atoms with van der Waals surface area (Å²) in [6.07, 6.45) is 5.61. The fourth-order valence-corrected chi connectivity index (χ4v) is 4.42. The Labute approximate surface area is 121 Å². The highest BCUT2D eigenvalue weighted by Crippen LogP contribution is 2.27. The molecule has 0 atom stereocenters. The molecule has 2 rings (SSSR count). The van der Waals surface area contributed by atoms with Gasteiger partial charge in [-0.1, -0.05) is 37.2 Å². The standard InChI is InChI=1S/C16H21NO2S/c17-11-5-9-14-8-4-10-16(12-14)20(18,19)13-15-6-2-1-3-7-15/h4,8,10,12,15H,1-3,6-7,11,13,17H2. The first-order valence-corrected chi connectivity index (χ1v) is 8.79. The van der Waals surface area contributed by atoms with Crippen LogP contribution in [0, 0.1) is 17.8 Å². The minimum Gasteiger partial charge on any atom is -0.320 e. The highest BCUT2D eigenvalue weighted by molar-refractivity contribution is 7.91. The first kappa shape index (κ1) is 15.1. The van der Waals surface area contributed by atoms with Crippen LogP contribution in [-0.4, -0.2) is 20.7 Å². The van der Waals surface area contributed by atoms with Gasteiger partial charge in [0.25, 0.3) is 0 Å². The summed E-state index contributed by atoms with van der Waals surface area (Å²) in [5, 5.41) is 0. The van der Waals surface area contributed by atoms with E-state index in [1.54, 1.807) is 18.2 Å². The van der Waals surface area contributed by atoms with Gasteiger partial charge in [0.15, 0.2) is 9.84 Å². The van der Waals surface area contributed by atoms with Gasteiger partial charge in [0, 0.05) is 5.56 Å². The van der Waals surface area contributed by atoms with Crippen molar-refractivity contribution in [2.24, 2.45) is 11.7 Å². The molecule has 0 heterocycles. The Morgan fingerprint density at radius 1 is 1.20 bits per heavy atom. The van der Waals surface area contributed by atoms with Crippen LogP contribution in [0.2, 0.25) is 0 Å². The monoisotopic (exact) mass is 291 g/mol. The van der Waals surface area contributed by atoms with Crippen molar-refractivity contribution in [3.8, 4) is 11.8 Å². The molecule has 4 heteroatoms. The minimum absolute atomic E-state index is 0.265. The van der Waals surface area contributed by atoms with Crippen molar-refractivity contribution in [2.45, 2.75) is 37.0 Å². The molecule has 0 unspecified atom stereocenters. The SMILES string of the molecule is NCC#Cc1cccc(S(=O)(=O)CC2CCCCC2)c1. The van der Waals surface area contributed by atoms with E-state index in [1.165, 1.54) is 6.42 Å². The molecule has 0 aliphatic heterocycles. The van der Waals surface area contributed by atoms with Gasteiger partial charge in [0.1, 0.15) is 0 Å². The van der Waals surface area contributed by atoms with E-state index in [-0.39, 0.29) is 12.3 Å². The van der Waals surface area contributed by atoms with Crippen molar-refractivity contribution >= 4 is 9.84 Å². The average Bonchev–Trinajstić information content (AvgIpc) is 2.46. The third-order valence-corrected chi connectivity index (χ3v) is 5.59. The lowest BCUT2D eigenvalue weighted by atomic mass is 9.91. The summed E-state index contributed by atoms with van der Waals surface area (Å²) in [5.41, 5.74) is 6.04. The third kappa shape index (κ3) is 4.09. The fourth-order valence-electron chi connectivity index (χ4n) is 2.68. The highest BCUT2D eigenvalue weighted by Gasteiger charge is 2.23. The van der Waals surface area contributed by atoms with Gasteiger partial charge >= 0.3 is 0 Å². The molecular formula is C16H21NO2S. The van der Waals surface area contributed by atoms with E-state index in [0.717, 1.165) is 25.7 Å². The third-order valence-electron chi connectivity index (χ3n) is 3.71. The summed E-state index contributed by atoms with van der Waals surface area (Å²) in [6.45, 7) is 0.277. The van der Waals surface area contributed by atoms with Crippen LogP contribution in [0.3, 0.4) is 0 Å². The fraction of sp³-hybridized carbons (Fsp3) is 0.500. The molecule has 3 nitrogen and oxygen atoms in total. The Morgan fingerprint density at radius 3 is 2.65 bits per heavy atom. The molecule has 0 saturated heterocycles. The van der Waals surface area contributed by atoms with E-state index < -0.39 is 9.84 Å². The molecule has 0 aromatic heterocycles. The van der Waals surface area contributed by atoms with Crippen molar-refractivity contribution in [1.82, 2.24) is 0 Å². The van der Waals surface area contributed by atoms with Crippen molar-refractivity contribution < 1.29 is 8.42 Å². The molecule has 0 bridgehead atoms. The number of nitrogens with two attached hydrogens (primary N) is 1. The van der Waals surface area contributed by atoms with Crippen molar-refractivity contribution in [3.05, 3.63) is 29.8 Å². The Morgan fingerprint density at radius 2 is 1.95 bits per heavy atom. The number of rotatable bonds is 3. The number of sulfone groups is 1. The van der Waals surface area contributed by atoms with Gasteiger partial charge in [-0.2, -0.15) is 0 Å². The molecular weight excluding hydrogens is 270 g/mol. The second kappa shape index (κ2) is 6.92. The maximum atomic E-state index is 12.5. The van der Waals surface area contributed by atoms with E-state index in [4.69, 9.17) is 5.73 Å². The largest absolute Gasteiger partial charge is 0.320 e. The summed E-state index contributed by atoms with van der Waals surface area (Å²) in [6, 6.07) is 6.86. The van der Waals surface area contributed by atoms with Gasteiger partial charge in [-0.15, -0.1) is 0 Å². The number of benzene rings is 1. The molecule has 1 aromatic rings. The predicted molar refractivity (Wildman–Crippen MR) is 81.0 cm³/mol. The summed E-state index contributed by atoms with van der Waals surface area (Å²) in [4.78, 5) is 0.381. The molecule has 2 N–H and O–H groups in total. The molecule has 1 aliphatic carbocycles. The van der Waals surface area contributed by atoms with E-state index >= 15 is 0 Å². The Bertz CT molecular complexity index is 605. The lowest BCUT2D eigenvalue weighted by Crippen LogP contribution is -2.18. The van der Waals surface area contributed by atoms with Crippen molar-refractivity contribution in [3.63, 3.8) is 0 Å². The zero-order valence-electron chi connectivity index (χ0n) is 11.6. The second-order valence-electron chi connectivity index (χ2n) is 5.32. The predicted octanol–water partition coefficient (Wildman–Crippen LogP) is 2.35. The molecule has 108 valence electrons. The summed E-state index contributed by atoms with van der Waals surface area (Å²) in [5.74, 6) is 6.21. The normalized spacial score (nSPS) is 16.4. The smallest absolute Gasteiger partial charge is 0.178 e. The van der Waals surface area contributed by atoms with E-state index in [1.807, 2.05) is 6.07 Å². The summed E-state index contributed by atoms with van der Waals surface area (Å²) in [7, 11) is -3.21. The van der Waals surface area contributed by atoms with E-state index in [2.05, 4.69) is 11.8 Å². The molecule has 0 amide bonds. The lowest BCUT2D eigenvalue weighted by molar-refractivity contribution is 0.385. The van der Waals surface area contributed by atoms with Gasteiger partial charge in [-0.3, -0.25) is 0 Å². The first-order chi connectivity index (χ1) is 9.62. The van der Waals surface area contributed by atoms with Crippen LogP contribution in [0.15, 0.2) is 29.2 Å². The summed E-state index contributed by atoms with van der Waals surface area (Å²) >= 11 is 0. The molecule has 1 fully saturated rings. The highest BCUT2D eigenvalue weighted by atomic mass is 32.2. The maximum absolute atomic E-state index is 12.5. The van der Waals surface area contributed by atoms with Gasteiger partial charge in [0.2, 0.25) is 0 Å². The van der Waals surface area contributed by atoms with Crippen LogP contribution in [0.4, 0.5) is 0 Å². The van der Waals surface area contributed by atoms with Crippen molar-refractivity contribution in [2.75, 3.05) is 12.3 Å². The van der Waals surface area contributed by atoms with Crippen LogP contribution in [0.5, 0.6) is 0 Å². The molecule has 20 heavy (non-hydrogen) atoms. The quantitative estimate of drug-likeness (QED) is 0.870. The topological polar surface area (TPSA) is 60.2 Å². The van der Waals surface area contributed by atoms with Crippen molar-refractivity contribution in [1.29, 1.82) is 0 Å². The Hall–Kier alpha value is -1.31. The molecule has 0 spiro atoms. The lowest BCUT2D eigenvalue weighted by Gasteiger charge is -2.21. The number of hydrogen-bond acceptors (Lipinski definition) is 3. The van der Waals surface area contributed by atoms with Crippen LogP contribution in [-0.2, 0) is 9.84 Å². The van der Waals surface area contributed by atoms with E-state index in [9.17, 15) is 8.42 Å². The van der Waals surface area contributed by atoms with Gasteiger partial charge in [0.05, 0.1) is 17.2 Å². The maximum Gasteiger partial charge on any atom is 0.178 e. The summed E-state index contributed by atoms with van der Waals surface area (Å²) < 4.78 is 24.9. The van der Waals surface area contributed by atoms with Gasteiger partial charge in [-0.25, -0.2) is 8.42 Å². The van der Waals surface area contributed by atoms with Crippen LogP contribution < -0.4 is 5.73 Å². The van der Waals surface area contributed by atoms with Crippen LogP contribution in [0.1, 0.15) is 37.7 Å². The van der Waals surface area contributed by atoms with Crippen LogP contribution in [0.25, 0.3) is 0 Å². The zero-order valence-corrected chi connectivity index (χ0v) is 12.5. The Kier molecular flexibility index (Phi) is 5.22. The van der Waals surface area contributed by atoms with E-state index in [0.29, 0.717) is 16.4 Å². The molecule has 1 aliphatic rings. The second-order valence-corrected chi connectivity index (χ2v) is 7.35. The van der Waals surface area contributed by atoms with Gasteiger partial charge < -0.3 is 5.73 Å². The van der Waals surface area contributed by atoms with Crippen LogP contribution >= 0.6 is 0 Å². The number of hydrogen-bond donors (Lipinski definition) is 1. The minimum atomic E-state index is -3.21. The zero-order chi connectivity index (χ0) is 14.4. The first-order valence-electron chi connectivity index (χ1n) is 7.13. The molecule has 1 aromatic carbocycles.